The van der Waals surface area contributed by atoms with Gasteiger partial charge in [0.05, 0.1) is 0 Å². The minimum Gasteiger partial charge on any atom is -0.369 e. The Labute approximate surface area is 131 Å². The first kappa shape index (κ1) is 16.3. The van der Waals surface area contributed by atoms with Crippen molar-refractivity contribution in [2.75, 3.05) is 44.2 Å². The van der Waals surface area contributed by atoms with Crippen molar-refractivity contribution in [3.63, 3.8) is 0 Å². The fourth-order valence-electron chi connectivity index (χ4n) is 2.54. The van der Waals surface area contributed by atoms with Gasteiger partial charge in [-0.3, -0.25) is 9.69 Å². The van der Waals surface area contributed by atoms with E-state index in [-0.39, 0.29) is 11.7 Å². The van der Waals surface area contributed by atoms with Gasteiger partial charge >= 0.3 is 0 Å². The summed E-state index contributed by atoms with van der Waals surface area (Å²) in [5.41, 5.74) is 1.08. The first-order valence-electron chi connectivity index (χ1n) is 7.62. The number of benzene rings is 1. The summed E-state index contributed by atoms with van der Waals surface area (Å²) in [6.45, 7) is 7.14. The highest BCUT2D eigenvalue weighted by Gasteiger charge is 2.16. The van der Waals surface area contributed by atoms with Crippen LogP contribution in [0.1, 0.15) is 13.3 Å². The largest absolute Gasteiger partial charge is 0.369 e. The fraction of sp³-hybridized carbons (Fsp3) is 0.471. The minimum atomic E-state index is -0.205. The molecule has 118 valence electrons. The maximum atomic E-state index is 12.9. The number of amides is 1. The zero-order chi connectivity index (χ0) is 15.8. The molecule has 1 saturated heterocycles. The molecule has 0 radical (unpaired) electrons. The normalized spacial score (nSPS) is 15.1. The molecule has 1 aliphatic heterocycles. The predicted octanol–water partition coefficient (Wildman–Crippen LogP) is 1.48. The number of rotatable bonds is 5. The van der Waals surface area contributed by atoms with Crippen molar-refractivity contribution in [3.8, 4) is 11.8 Å². The Kier molecular flexibility index (Phi) is 6.23. The van der Waals surface area contributed by atoms with Crippen LogP contribution in [0.2, 0.25) is 0 Å². The Hall–Kier alpha value is -2.06. The fourth-order valence-corrected chi connectivity index (χ4v) is 2.54. The number of hydrogen-bond acceptors (Lipinski definition) is 3. The highest BCUT2D eigenvalue weighted by Crippen LogP contribution is 2.16. The van der Waals surface area contributed by atoms with Gasteiger partial charge in [0.15, 0.2) is 0 Å². The SMILES string of the molecule is CC#CC(=O)NCCCN1CCN(c2ccc(F)cc2)CC1. The van der Waals surface area contributed by atoms with Crippen molar-refractivity contribution in [1.82, 2.24) is 10.2 Å². The van der Waals surface area contributed by atoms with Crippen LogP contribution in [-0.2, 0) is 4.79 Å². The second-order valence-corrected chi connectivity index (χ2v) is 5.29. The summed E-state index contributed by atoms with van der Waals surface area (Å²) in [6.07, 6.45) is 0.924. The number of hydrogen-bond donors (Lipinski definition) is 1. The topological polar surface area (TPSA) is 35.6 Å². The van der Waals surface area contributed by atoms with E-state index in [0.717, 1.165) is 44.8 Å². The summed E-state index contributed by atoms with van der Waals surface area (Å²) in [4.78, 5) is 15.8. The first-order chi connectivity index (χ1) is 10.7. The van der Waals surface area contributed by atoms with E-state index in [4.69, 9.17) is 0 Å². The molecule has 0 aliphatic carbocycles. The molecule has 0 atom stereocenters. The molecule has 1 heterocycles. The minimum absolute atomic E-state index is 0.197. The van der Waals surface area contributed by atoms with Crippen LogP contribution in [0.15, 0.2) is 24.3 Å². The Morgan fingerprint density at radius 3 is 2.55 bits per heavy atom. The van der Waals surface area contributed by atoms with Crippen molar-refractivity contribution >= 4 is 11.6 Å². The average Bonchev–Trinajstić information content (AvgIpc) is 2.53. The van der Waals surface area contributed by atoms with E-state index in [1.54, 1.807) is 6.92 Å². The van der Waals surface area contributed by atoms with Crippen LogP contribution in [0.4, 0.5) is 10.1 Å². The van der Waals surface area contributed by atoms with Crippen LogP contribution in [0.3, 0.4) is 0 Å². The van der Waals surface area contributed by atoms with Crippen LogP contribution >= 0.6 is 0 Å². The highest BCUT2D eigenvalue weighted by molar-refractivity contribution is 5.93. The second kappa shape index (κ2) is 8.40. The molecule has 22 heavy (non-hydrogen) atoms. The van der Waals surface area contributed by atoms with E-state index in [9.17, 15) is 9.18 Å². The van der Waals surface area contributed by atoms with Gasteiger partial charge in [-0.15, -0.1) is 0 Å². The third kappa shape index (κ3) is 5.05. The predicted molar refractivity (Wildman–Crippen MR) is 86.1 cm³/mol. The molecule has 1 fully saturated rings. The molecule has 2 rings (SSSR count). The van der Waals surface area contributed by atoms with Gasteiger partial charge in [-0.1, -0.05) is 5.92 Å². The third-order valence-electron chi connectivity index (χ3n) is 3.74. The molecule has 1 aromatic carbocycles. The molecular weight excluding hydrogens is 281 g/mol. The highest BCUT2D eigenvalue weighted by atomic mass is 19.1. The number of carbonyl (C=O) groups is 1. The Morgan fingerprint density at radius 1 is 1.23 bits per heavy atom. The van der Waals surface area contributed by atoms with Gasteiger partial charge in [-0.25, -0.2) is 4.39 Å². The number of nitrogens with one attached hydrogen (secondary N) is 1. The molecule has 1 aliphatic rings. The van der Waals surface area contributed by atoms with Crippen LogP contribution in [0.25, 0.3) is 0 Å². The van der Waals surface area contributed by atoms with E-state index >= 15 is 0 Å². The monoisotopic (exact) mass is 303 g/mol. The molecule has 4 nitrogen and oxygen atoms in total. The molecule has 0 spiro atoms. The summed E-state index contributed by atoms with van der Waals surface area (Å²) in [6, 6.07) is 6.66. The quantitative estimate of drug-likeness (QED) is 0.661. The van der Waals surface area contributed by atoms with Gasteiger partial charge in [-0.2, -0.15) is 0 Å². The van der Waals surface area contributed by atoms with Crippen molar-refractivity contribution in [1.29, 1.82) is 0 Å². The molecule has 1 aromatic rings. The summed E-state index contributed by atoms with van der Waals surface area (Å²) in [5.74, 6) is 4.64. The van der Waals surface area contributed by atoms with Crippen molar-refractivity contribution < 1.29 is 9.18 Å². The van der Waals surface area contributed by atoms with Crippen molar-refractivity contribution in [3.05, 3.63) is 30.1 Å². The van der Waals surface area contributed by atoms with Crippen LogP contribution in [0, 0.1) is 17.7 Å². The maximum absolute atomic E-state index is 12.9. The molecule has 0 unspecified atom stereocenters. The zero-order valence-electron chi connectivity index (χ0n) is 12.9. The summed E-state index contributed by atoms with van der Waals surface area (Å²) in [5, 5.41) is 2.78. The lowest BCUT2D eigenvalue weighted by molar-refractivity contribution is -0.115. The Balaban J connectivity index is 1.65. The molecular formula is C17H22FN3O. The molecule has 0 aromatic heterocycles. The average molecular weight is 303 g/mol. The summed E-state index contributed by atoms with van der Waals surface area (Å²) < 4.78 is 12.9. The Bertz CT molecular complexity index is 539. The molecule has 1 N–H and O–H groups in total. The number of piperazine rings is 1. The van der Waals surface area contributed by atoms with E-state index in [0.29, 0.717) is 6.54 Å². The van der Waals surface area contributed by atoms with Crippen molar-refractivity contribution in [2.45, 2.75) is 13.3 Å². The van der Waals surface area contributed by atoms with Gasteiger partial charge in [0.25, 0.3) is 5.91 Å². The van der Waals surface area contributed by atoms with Gasteiger partial charge in [0, 0.05) is 38.4 Å². The number of nitrogens with zero attached hydrogens (tertiary/aromatic N) is 2. The van der Waals surface area contributed by atoms with E-state index in [2.05, 4.69) is 27.0 Å². The van der Waals surface area contributed by atoms with Crippen LogP contribution < -0.4 is 10.2 Å². The lowest BCUT2D eigenvalue weighted by Crippen LogP contribution is -2.47. The second-order valence-electron chi connectivity index (χ2n) is 5.29. The van der Waals surface area contributed by atoms with Crippen LogP contribution in [0.5, 0.6) is 0 Å². The summed E-state index contributed by atoms with van der Waals surface area (Å²) in [7, 11) is 0. The standard InChI is InChI=1S/C17H22FN3O/c1-2-4-17(22)19-9-3-10-20-11-13-21(14-12-20)16-7-5-15(18)6-8-16/h5-8H,3,9-14H2,1H3,(H,19,22). The number of halogens is 1. The lowest BCUT2D eigenvalue weighted by Gasteiger charge is -2.36. The van der Waals surface area contributed by atoms with Gasteiger partial charge in [0.2, 0.25) is 0 Å². The van der Waals surface area contributed by atoms with Crippen molar-refractivity contribution in [2.24, 2.45) is 0 Å². The van der Waals surface area contributed by atoms with Crippen LogP contribution in [-0.4, -0.2) is 50.1 Å². The third-order valence-corrected chi connectivity index (χ3v) is 3.74. The van der Waals surface area contributed by atoms with E-state index in [1.807, 2.05) is 12.1 Å². The lowest BCUT2D eigenvalue weighted by atomic mass is 10.2. The van der Waals surface area contributed by atoms with E-state index in [1.165, 1.54) is 12.1 Å². The van der Waals surface area contributed by atoms with Gasteiger partial charge < -0.3 is 10.2 Å². The molecule has 1 amide bonds. The Morgan fingerprint density at radius 2 is 1.91 bits per heavy atom. The molecule has 5 heteroatoms. The number of carbonyl (C=O) groups excluding carboxylic acids is 1. The van der Waals surface area contributed by atoms with E-state index < -0.39 is 0 Å². The smallest absolute Gasteiger partial charge is 0.295 e. The number of anilines is 1. The molecule has 0 saturated carbocycles. The first-order valence-corrected chi connectivity index (χ1v) is 7.62. The molecule has 0 bridgehead atoms. The summed E-state index contributed by atoms with van der Waals surface area (Å²) >= 11 is 0. The zero-order valence-corrected chi connectivity index (χ0v) is 12.9. The van der Waals surface area contributed by atoms with Gasteiger partial charge in [0.1, 0.15) is 5.82 Å². The maximum Gasteiger partial charge on any atom is 0.295 e. The van der Waals surface area contributed by atoms with Gasteiger partial charge in [-0.05, 0) is 50.1 Å².